The summed E-state index contributed by atoms with van der Waals surface area (Å²) in [5, 5.41) is 0. The number of piperazine rings is 2. The number of hydrogen-bond acceptors (Lipinski definition) is 8. The predicted octanol–water partition coefficient (Wildman–Crippen LogP) is 1.66. The molecular formula is C21H29N7O2. The number of carbonyl (C=O) groups is 1. The van der Waals surface area contributed by atoms with Crippen LogP contribution in [0, 0.1) is 0 Å². The van der Waals surface area contributed by atoms with Gasteiger partial charge < -0.3 is 30.1 Å². The van der Waals surface area contributed by atoms with Crippen molar-refractivity contribution in [1.82, 2.24) is 14.9 Å². The van der Waals surface area contributed by atoms with Crippen LogP contribution in [0.5, 0.6) is 0 Å². The van der Waals surface area contributed by atoms with E-state index in [0.29, 0.717) is 38.5 Å². The molecule has 0 radical (unpaired) electrons. The second-order valence-electron chi connectivity index (χ2n) is 7.42. The number of anilines is 4. The Hall–Kier alpha value is -3.23. The van der Waals surface area contributed by atoms with Gasteiger partial charge in [-0.15, -0.1) is 0 Å². The van der Waals surface area contributed by atoms with Crippen LogP contribution in [0.2, 0.25) is 0 Å². The van der Waals surface area contributed by atoms with E-state index in [4.69, 9.17) is 10.5 Å². The van der Waals surface area contributed by atoms with Crippen molar-refractivity contribution in [2.75, 3.05) is 79.4 Å². The van der Waals surface area contributed by atoms with Crippen molar-refractivity contribution in [2.45, 2.75) is 6.92 Å². The Bertz CT molecular complexity index is 848. The molecule has 0 spiro atoms. The first kappa shape index (κ1) is 20.1. The topological polar surface area (TPSA) is 91.1 Å². The van der Waals surface area contributed by atoms with Crippen molar-refractivity contribution in [3.8, 4) is 0 Å². The molecule has 0 saturated carbocycles. The summed E-state index contributed by atoms with van der Waals surface area (Å²) in [4.78, 5) is 29.3. The third kappa shape index (κ3) is 4.19. The highest BCUT2D eigenvalue weighted by atomic mass is 16.6. The van der Waals surface area contributed by atoms with Crippen LogP contribution in [0.1, 0.15) is 6.92 Å². The maximum absolute atomic E-state index is 11.9. The molecule has 1 aromatic heterocycles. The fraction of sp³-hybridized carbons (Fsp3) is 0.476. The second kappa shape index (κ2) is 9.06. The largest absolute Gasteiger partial charge is 0.450 e. The van der Waals surface area contributed by atoms with E-state index in [2.05, 4.69) is 48.9 Å². The van der Waals surface area contributed by atoms with Gasteiger partial charge in [0.15, 0.2) is 11.6 Å². The summed E-state index contributed by atoms with van der Waals surface area (Å²) < 4.78 is 5.09. The number of ether oxygens (including phenoxy) is 1. The Morgan fingerprint density at radius 3 is 2.00 bits per heavy atom. The number of benzene rings is 1. The molecule has 9 heteroatoms. The zero-order valence-corrected chi connectivity index (χ0v) is 17.4. The van der Waals surface area contributed by atoms with Crippen LogP contribution >= 0.6 is 0 Å². The molecule has 0 bridgehead atoms. The second-order valence-corrected chi connectivity index (χ2v) is 7.42. The lowest BCUT2D eigenvalue weighted by atomic mass is 10.2. The van der Waals surface area contributed by atoms with Gasteiger partial charge in [0, 0.05) is 58.0 Å². The third-order valence-electron chi connectivity index (χ3n) is 5.65. The van der Waals surface area contributed by atoms with Crippen LogP contribution in [0.3, 0.4) is 0 Å². The molecule has 0 unspecified atom stereocenters. The first-order chi connectivity index (χ1) is 14.7. The smallest absolute Gasteiger partial charge is 0.409 e. The molecule has 1 amide bonds. The van der Waals surface area contributed by atoms with Crippen LogP contribution < -0.4 is 20.4 Å². The van der Waals surface area contributed by atoms with Crippen molar-refractivity contribution >= 4 is 29.1 Å². The van der Waals surface area contributed by atoms with Crippen LogP contribution in [0.15, 0.2) is 36.7 Å². The number of nitrogens with zero attached hydrogens (tertiary/aromatic N) is 6. The standard InChI is InChI=1S/C21H29N7O2/c1-2-30-21(29)28-14-12-27(13-15-28)20-18(22)19(23-16-24-20)26-10-8-25(9-11-26)17-6-4-3-5-7-17/h3-7,16H,2,8-15,22H2,1H3. The summed E-state index contributed by atoms with van der Waals surface area (Å²) >= 11 is 0. The minimum atomic E-state index is -0.259. The molecular weight excluding hydrogens is 382 g/mol. The van der Waals surface area contributed by atoms with Crippen molar-refractivity contribution in [3.63, 3.8) is 0 Å². The van der Waals surface area contributed by atoms with Gasteiger partial charge in [-0.05, 0) is 19.1 Å². The molecule has 0 aliphatic carbocycles. The number of amides is 1. The molecule has 9 nitrogen and oxygen atoms in total. The van der Waals surface area contributed by atoms with Crippen molar-refractivity contribution in [1.29, 1.82) is 0 Å². The minimum Gasteiger partial charge on any atom is -0.450 e. The van der Waals surface area contributed by atoms with E-state index >= 15 is 0 Å². The molecule has 160 valence electrons. The minimum absolute atomic E-state index is 0.259. The summed E-state index contributed by atoms with van der Waals surface area (Å²) in [7, 11) is 0. The van der Waals surface area contributed by atoms with E-state index in [-0.39, 0.29) is 6.09 Å². The third-order valence-corrected chi connectivity index (χ3v) is 5.65. The zero-order valence-electron chi connectivity index (χ0n) is 17.4. The van der Waals surface area contributed by atoms with Gasteiger partial charge in [0.1, 0.15) is 12.0 Å². The molecule has 0 atom stereocenters. The fourth-order valence-corrected chi connectivity index (χ4v) is 4.01. The Labute approximate surface area is 177 Å². The molecule has 2 aromatic rings. The van der Waals surface area contributed by atoms with Crippen LogP contribution in [-0.4, -0.2) is 79.9 Å². The molecule has 30 heavy (non-hydrogen) atoms. The highest BCUT2D eigenvalue weighted by Crippen LogP contribution is 2.30. The Balaban J connectivity index is 1.40. The maximum atomic E-state index is 11.9. The summed E-state index contributed by atoms with van der Waals surface area (Å²) in [5.74, 6) is 1.54. The van der Waals surface area contributed by atoms with E-state index < -0.39 is 0 Å². The number of nitrogens with two attached hydrogens (primary N) is 1. The SMILES string of the molecule is CCOC(=O)N1CCN(c2ncnc(N3CCN(c4ccccc4)CC3)c2N)CC1. The first-order valence-corrected chi connectivity index (χ1v) is 10.5. The van der Waals surface area contributed by atoms with Crippen LogP contribution in [0.25, 0.3) is 0 Å². The van der Waals surface area contributed by atoms with Crippen molar-refractivity contribution in [2.24, 2.45) is 0 Å². The van der Waals surface area contributed by atoms with Crippen molar-refractivity contribution in [3.05, 3.63) is 36.7 Å². The quantitative estimate of drug-likeness (QED) is 0.812. The Morgan fingerprint density at radius 1 is 0.900 bits per heavy atom. The van der Waals surface area contributed by atoms with Gasteiger partial charge >= 0.3 is 6.09 Å². The zero-order chi connectivity index (χ0) is 20.9. The van der Waals surface area contributed by atoms with Gasteiger partial charge in [0.05, 0.1) is 6.61 Å². The van der Waals surface area contributed by atoms with Gasteiger partial charge in [-0.3, -0.25) is 0 Å². The normalized spacial score (nSPS) is 17.2. The molecule has 3 heterocycles. The number of nitrogen functional groups attached to an aromatic ring is 1. The van der Waals surface area contributed by atoms with Crippen LogP contribution in [-0.2, 0) is 4.74 Å². The first-order valence-electron chi connectivity index (χ1n) is 10.5. The van der Waals surface area contributed by atoms with E-state index in [1.165, 1.54) is 5.69 Å². The number of aromatic nitrogens is 2. The number of para-hydroxylation sites is 1. The number of carbonyl (C=O) groups excluding carboxylic acids is 1. The van der Waals surface area contributed by atoms with E-state index in [9.17, 15) is 4.79 Å². The van der Waals surface area contributed by atoms with Gasteiger partial charge in [0.2, 0.25) is 0 Å². The Morgan fingerprint density at radius 2 is 1.43 bits per heavy atom. The van der Waals surface area contributed by atoms with E-state index in [1.54, 1.807) is 11.2 Å². The molecule has 4 rings (SSSR count). The summed E-state index contributed by atoms with van der Waals surface area (Å²) in [6, 6.07) is 10.5. The maximum Gasteiger partial charge on any atom is 0.409 e. The lowest BCUT2D eigenvalue weighted by Gasteiger charge is -2.38. The highest BCUT2D eigenvalue weighted by molar-refractivity contribution is 5.76. The monoisotopic (exact) mass is 411 g/mol. The van der Waals surface area contributed by atoms with E-state index in [1.807, 2.05) is 13.0 Å². The molecule has 2 saturated heterocycles. The lowest BCUT2D eigenvalue weighted by Crippen LogP contribution is -2.49. The molecule has 2 aliphatic rings. The predicted molar refractivity (Wildman–Crippen MR) is 118 cm³/mol. The molecule has 2 aliphatic heterocycles. The van der Waals surface area contributed by atoms with E-state index in [0.717, 1.165) is 37.8 Å². The van der Waals surface area contributed by atoms with Crippen LogP contribution in [0.4, 0.5) is 27.8 Å². The Kier molecular flexibility index (Phi) is 6.06. The summed E-state index contributed by atoms with van der Waals surface area (Å²) in [6.45, 7) is 8.26. The van der Waals surface area contributed by atoms with Gasteiger partial charge in [-0.1, -0.05) is 18.2 Å². The lowest BCUT2D eigenvalue weighted by molar-refractivity contribution is 0.105. The summed E-state index contributed by atoms with van der Waals surface area (Å²) in [6.07, 6.45) is 1.33. The van der Waals surface area contributed by atoms with Gasteiger partial charge in [-0.25, -0.2) is 14.8 Å². The van der Waals surface area contributed by atoms with Gasteiger partial charge in [0.25, 0.3) is 0 Å². The highest BCUT2D eigenvalue weighted by Gasteiger charge is 2.26. The number of rotatable bonds is 4. The average molecular weight is 412 g/mol. The fourth-order valence-electron chi connectivity index (χ4n) is 4.01. The molecule has 2 N–H and O–H groups in total. The van der Waals surface area contributed by atoms with Crippen molar-refractivity contribution < 1.29 is 9.53 Å². The summed E-state index contributed by atoms with van der Waals surface area (Å²) in [5.41, 5.74) is 8.36. The molecule has 1 aromatic carbocycles. The number of hydrogen-bond donors (Lipinski definition) is 1. The molecule has 2 fully saturated rings. The van der Waals surface area contributed by atoms with Gasteiger partial charge in [-0.2, -0.15) is 0 Å². The average Bonchev–Trinajstić information content (AvgIpc) is 2.80.